The van der Waals surface area contributed by atoms with Crippen molar-refractivity contribution in [1.82, 2.24) is 19.9 Å². The van der Waals surface area contributed by atoms with Crippen LogP contribution in [-0.2, 0) is 6.18 Å². The predicted molar refractivity (Wildman–Crippen MR) is 108 cm³/mol. The number of hydrogen-bond donors (Lipinski definition) is 0. The first-order valence-corrected chi connectivity index (χ1v) is 9.21. The summed E-state index contributed by atoms with van der Waals surface area (Å²) in [5, 5.41) is 0. The van der Waals surface area contributed by atoms with E-state index in [0.29, 0.717) is 11.1 Å². The third kappa shape index (κ3) is 4.05. The second-order valence-electron chi connectivity index (χ2n) is 6.90. The zero-order chi connectivity index (χ0) is 21.3. The molecule has 150 valence electrons. The molecule has 4 nitrogen and oxygen atoms in total. The maximum absolute atomic E-state index is 13.0. The Hall–Kier alpha value is -3.61. The topological polar surface area (TPSA) is 51.6 Å². The van der Waals surface area contributed by atoms with E-state index in [1.807, 2.05) is 44.2 Å². The van der Waals surface area contributed by atoms with Crippen LogP contribution < -0.4 is 0 Å². The molecule has 0 saturated carbocycles. The van der Waals surface area contributed by atoms with Crippen LogP contribution in [0.4, 0.5) is 13.2 Å². The normalized spacial score (nSPS) is 11.5. The van der Waals surface area contributed by atoms with Gasteiger partial charge in [-0.1, -0.05) is 0 Å². The van der Waals surface area contributed by atoms with E-state index in [0.717, 1.165) is 46.0 Å². The van der Waals surface area contributed by atoms with Gasteiger partial charge in [0.2, 0.25) is 0 Å². The molecule has 4 rings (SSSR count). The van der Waals surface area contributed by atoms with Crippen LogP contribution in [0.25, 0.3) is 33.5 Å². The van der Waals surface area contributed by atoms with Gasteiger partial charge in [-0.3, -0.25) is 19.9 Å². The average molecular weight is 406 g/mol. The Morgan fingerprint density at radius 2 is 1.37 bits per heavy atom. The second-order valence-corrected chi connectivity index (χ2v) is 6.90. The molecule has 0 spiro atoms. The number of hydrogen-bond acceptors (Lipinski definition) is 4. The summed E-state index contributed by atoms with van der Waals surface area (Å²) in [6.45, 7) is 3.78. The molecule has 4 heterocycles. The molecule has 0 amide bonds. The highest BCUT2D eigenvalue weighted by Crippen LogP contribution is 2.33. The number of aryl methyl sites for hydroxylation is 2. The van der Waals surface area contributed by atoms with Gasteiger partial charge in [0, 0.05) is 52.9 Å². The molecule has 0 saturated heterocycles. The lowest BCUT2D eigenvalue weighted by Crippen LogP contribution is -2.07. The summed E-state index contributed by atoms with van der Waals surface area (Å²) in [6, 6.07) is 12.1. The van der Waals surface area contributed by atoms with Crippen molar-refractivity contribution in [3.05, 3.63) is 84.3 Å². The van der Waals surface area contributed by atoms with E-state index in [2.05, 4.69) is 19.9 Å². The Kier molecular flexibility index (Phi) is 5.03. The predicted octanol–water partition coefficient (Wildman–Crippen LogP) is 5.90. The van der Waals surface area contributed by atoms with Crippen LogP contribution in [0.2, 0.25) is 0 Å². The zero-order valence-electron chi connectivity index (χ0n) is 16.3. The molecule has 0 aromatic carbocycles. The molecule has 0 aliphatic heterocycles. The second kappa shape index (κ2) is 7.67. The quantitative estimate of drug-likeness (QED) is 0.425. The number of aromatic nitrogens is 4. The third-order valence-electron chi connectivity index (χ3n) is 4.73. The number of nitrogens with zero attached hydrogens (tertiary/aromatic N) is 4. The smallest absolute Gasteiger partial charge is 0.262 e. The van der Waals surface area contributed by atoms with Crippen LogP contribution in [-0.4, -0.2) is 19.9 Å². The SMILES string of the molecule is Cc1cc(-c2cc(-c3cc(-c4ccnc(C(F)(F)F)c4)cnc3C)ccn2)ccn1. The molecule has 4 aromatic rings. The summed E-state index contributed by atoms with van der Waals surface area (Å²) in [5.41, 5.74) is 5.15. The van der Waals surface area contributed by atoms with Gasteiger partial charge in [0.15, 0.2) is 0 Å². The fraction of sp³-hybridized carbons (Fsp3) is 0.130. The Morgan fingerprint density at radius 3 is 2.13 bits per heavy atom. The molecule has 7 heteroatoms. The first-order valence-electron chi connectivity index (χ1n) is 9.21. The van der Waals surface area contributed by atoms with E-state index in [-0.39, 0.29) is 0 Å². The summed E-state index contributed by atoms with van der Waals surface area (Å²) in [4.78, 5) is 16.5. The molecule has 0 fully saturated rings. The average Bonchev–Trinajstić information content (AvgIpc) is 2.74. The standard InChI is InChI=1S/C23H17F3N4/c1-14-9-18(5-6-27-14)21-11-17(4-7-28-21)20-10-19(13-30-15(20)2)16-3-8-29-22(12-16)23(24,25)26/h3-13H,1-2H3. The lowest BCUT2D eigenvalue weighted by Gasteiger charge is -2.11. The Balaban J connectivity index is 1.78. The minimum atomic E-state index is -4.50. The van der Waals surface area contributed by atoms with Gasteiger partial charge in [-0.05, 0) is 67.4 Å². The highest BCUT2D eigenvalue weighted by atomic mass is 19.4. The molecule has 0 N–H and O–H groups in total. The molecule has 30 heavy (non-hydrogen) atoms. The van der Waals surface area contributed by atoms with Gasteiger partial charge < -0.3 is 0 Å². The largest absolute Gasteiger partial charge is 0.433 e. The van der Waals surface area contributed by atoms with Gasteiger partial charge in [0.25, 0.3) is 0 Å². The fourth-order valence-electron chi connectivity index (χ4n) is 3.21. The van der Waals surface area contributed by atoms with Crippen molar-refractivity contribution < 1.29 is 13.2 Å². The first-order chi connectivity index (χ1) is 14.3. The molecule has 0 radical (unpaired) electrons. The molecule has 0 bridgehead atoms. The molecular weight excluding hydrogens is 389 g/mol. The maximum atomic E-state index is 13.0. The number of pyridine rings is 4. The minimum absolute atomic E-state index is 0.408. The van der Waals surface area contributed by atoms with Crippen LogP contribution in [0.1, 0.15) is 17.1 Å². The van der Waals surface area contributed by atoms with Crippen molar-refractivity contribution in [3.8, 4) is 33.5 Å². The Morgan fingerprint density at radius 1 is 0.667 bits per heavy atom. The molecular formula is C23H17F3N4. The van der Waals surface area contributed by atoms with E-state index in [1.165, 1.54) is 0 Å². The highest BCUT2D eigenvalue weighted by molar-refractivity contribution is 5.76. The van der Waals surface area contributed by atoms with Crippen LogP contribution in [0, 0.1) is 13.8 Å². The molecule has 0 atom stereocenters. The van der Waals surface area contributed by atoms with Crippen LogP contribution in [0.3, 0.4) is 0 Å². The van der Waals surface area contributed by atoms with Crippen molar-refractivity contribution in [1.29, 1.82) is 0 Å². The van der Waals surface area contributed by atoms with Crippen LogP contribution in [0.5, 0.6) is 0 Å². The van der Waals surface area contributed by atoms with Gasteiger partial charge in [0.1, 0.15) is 5.69 Å². The van der Waals surface area contributed by atoms with Crippen molar-refractivity contribution in [3.63, 3.8) is 0 Å². The lowest BCUT2D eigenvalue weighted by atomic mass is 9.99. The number of rotatable bonds is 3. The van der Waals surface area contributed by atoms with Crippen molar-refractivity contribution in [2.75, 3.05) is 0 Å². The first kappa shape index (κ1) is 19.7. The summed E-state index contributed by atoms with van der Waals surface area (Å²) in [5.74, 6) is 0. The fourth-order valence-corrected chi connectivity index (χ4v) is 3.21. The van der Waals surface area contributed by atoms with Crippen molar-refractivity contribution >= 4 is 0 Å². The van der Waals surface area contributed by atoms with Crippen LogP contribution >= 0.6 is 0 Å². The van der Waals surface area contributed by atoms with E-state index < -0.39 is 11.9 Å². The third-order valence-corrected chi connectivity index (χ3v) is 4.73. The molecule has 4 aromatic heterocycles. The van der Waals surface area contributed by atoms with Gasteiger partial charge in [0.05, 0.1) is 5.69 Å². The summed E-state index contributed by atoms with van der Waals surface area (Å²) in [6.07, 6.45) is 1.67. The van der Waals surface area contributed by atoms with Gasteiger partial charge >= 0.3 is 6.18 Å². The van der Waals surface area contributed by atoms with Crippen LogP contribution in [0.15, 0.2) is 67.3 Å². The summed E-state index contributed by atoms with van der Waals surface area (Å²) >= 11 is 0. The molecule has 0 aliphatic rings. The van der Waals surface area contributed by atoms with Gasteiger partial charge in [-0.2, -0.15) is 13.2 Å². The zero-order valence-corrected chi connectivity index (χ0v) is 16.3. The van der Waals surface area contributed by atoms with E-state index in [9.17, 15) is 13.2 Å². The monoisotopic (exact) mass is 406 g/mol. The number of halogens is 3. The van der Waals surface area contributed by atoms with Crippen molar-refractivity contribution in [2.45, 2.75) is 20.0 Å². The lowest BCUT2D eigenvalue weighted by molar-refractivity contribution is -0.141. The van der Waals surface area contributed by atoms with E-state index in [1.54, 1.807) is 24.7 Å². The maximum Gasteiger partial charge on any atom is 0.433 e. The Bertz CT molecular complexity index is 1220. The summed E-state index contributed by atoms with van der Waals surface area (Å²) in [7, 11) is 0. The molecule has 0 unspecified atom stereocenters. The van der Waals surface area contributed by atoms with Gasteiger partial charge in [-0.25, -0.2) is 0 Å². The summed E-state index contributed by atoms with van der Waals surface area (Å²) < 4.78 is 39.1. The van der Waals surface area contributed by atoms with Crippen molar-refractivity contribution in [2.24, 2.45) is 0 Å². The van der Waals surface area contributed by atoms with E-state index in [4.69, 9.17) is 0 Å². The minimum Gasteiger partial charge on any atom is -0.262 e. The molecule has 0 aliphatic carbocycles. The van der Waals surface area contributed by atoms with E-state index >= 15 is 0 Å². The van der Waals surface area contributed by atoms with Gasteiger partial charge in [-0.15, -0.1) is 0 Å². The number of alkyl halides is 3. The highest BCUT2D eigenvalue weighted by Gasteiger charge is 2.32. The Labute approximate surface area is 171 Å².